The van der Waals surface area contributed by atoms with Crippen LogP contribution in [0, 0.1) is 0 Å². The van der Waals surface area contributed by atoms with Crippen LogP contribution in [0.4, 0.5) is 5.95 Å². The number of methoxy groups -OCH3 is 1. The second kappa shape index (κ2) is 6.66. The summed E-state index contributed by atoms with van der Waals surface area (Å²) in [5.74, 6) is 1.15. The van der Waals surface area contributed by atoms with Gasteiger partial charge in [-0.3, -0.25) is 4.40 Å². The van der Waals surface area contributed by atoms with E-state index in [-0.39, 0.29) is 5.60 Å². The lowest BCUT2D eigenvalue weighted by atomic mass is 9.77. The zero-order valence-corrected chi connectivity index (χ0v) is 16.8. The maximum absolute atomic E-state index is 5.82. The summed E-state index contributed by atoms with van der Waals surface area (Å²) >= 11 is 0. The van der Waals surface area contributed by atoms with Gasteiger partial charge in [0.15, 0.2) is 5.65 Å². The van der Waals surface area contributed by atoms with Crippen LogP contribution in [0.1, 0.15) is 32.1 Å². The smallest absolute Gasteiger partial charge is 0.228 e. The Hall–Kier alpha value is -3.20. The average Bonchev–Trinajstić information content (AvgIpc) is 3.39. The summed E-state index contributed by atoms with van der Waals surface area (Å²) in [4.78, 5) is 12.7. The van der Waals surface area contributed by atoms with E-state index in [9.17, 15) is 0 Å². The highest BCUT2D eigenvalue weighted by Gasteiger charge is 2.41. The molecule has 2 fully saturated rings. The SMILES string of the molecule is COc1nc(NC2CCC3(CCO3)CC2)nc2[nH]cc(-c3ccc4nncn4c3)c12. The fraction of sp³-hybridized carbons (Fsp3) is 0.429. The van der Waals surface area contributed by atoms with Gasteiger partial charge in [0.05, 0.1) is 24.7 Å². The minimum atomic E-state index is 0.154. The monoisotopic (exact) mass is 405 g/mol. The molecule has 1 aliphatic heterocycles. The van der Waals surface area contributed by atoms with E-state index in [1.807, 2.05) is 28.9 Å². The summed E-state index contributed by atoms with van der Waals surface area (Å²) < 4.78 is 13.4. The Morgan fingerprint density at radius 1 is 1.23 bits per heavy atom. The summed E-state index contributed by atoms with van der Waals surface area (Å²) in [6.45, 7) is 0.911. The molecule has 0 aromatic carbocycles. The van der Waals surface area contributed by atoms with Crippen LogP contribution in [-0.2, 0) is 4.74 Å². The first kappa shape index (κ1) is 17.6. The predicted octanol–water partition coefficient (Wildman–Crippen LogP) is 3.19. The number of aromatic nitrogens is 6. The first-order valence-corrected chi connectivity index (χ1v) is 10.4. The van der Waals surface area contributed by atoms with Crippen LogP contribution in [0.2, 0.25) is 0 Å². The van der Waals surface area contributed by atoms with Gasteiger partial charge in [-0.2, -0.15) is 9.97 Å². The van der Waals surface area contributed by atoms with Crippen LogP contribution in [0.3, 0.4) is 0 Å². The third kappa shape index (κ3) is 2.80. The van der Waals surface area contributed by atoms with Crippen molar-refractivity contribution >= 4 is 22.6 Å². The number of anilines is 1. The van der Waals surface area contributed by atoms with Gasteiger partial charge >= 0.3 is 0 Å². The predicted molar refractivity (Wildman–Crippen MR) is 112 cm³/mol. The molecule has 2 N–H and O–H groups in total. The molecule has 9 heteroatoms. The molecule has 154 valence electrons. The number of pyridine rings is 1. The molecule has 1 saturated heterocycles. The lowest BCUT2D eigenvalue weighted by Gasteiger charge is -2.46. The summed E-state index contributed by atoms with van der Waals surface area (Å²) in [5.41, 5.74) is 3.69. The first-order valence-electron chi connectivity index (χ1n) is 10.4. The topological polar surface area (TPSA) is 102 Å². The molecule has 9 nitrogen and oxygen atoms in total. The summed E-state index contributed by atoms with van der Waals surface area (Å²) in [5, 5.41) is 12.4. The van der Waals surface area contributed by atoms with Crippen molar-refractivity contribution in [2.24, 2.45) is 0 Å². The Balaban J connectivity index is 1.31. The maximum Gasteiger partial charge on any atom is 0.228 e. The van der Waals surface area contributed by atoms with Crippen molar-refractivity contribution in [3.05, 3.63) is 30.9 Å². The number of nitrogens with zero attached hydrogens (tertiary/aromatic N) is 5. The van der Waals surface area contributed by atoms with E-state index in [4.69, 9.17) is 14.5 Å². The van der Waals surface area contributed by atoms with Crippen molar-refractivity contribution in [1.29, 1.82) is 0 Å². The molecule has 1 aliphatic carbocycles. The fourth-order valence-corrected chi connectivity index (χ4v) is 4.68. The summed E-state index contributed by atoms with van der Waals surface area (Å²) in [7, 11) is 1.64. The Kier molecular flexibility index (Phi) is 3.92. The van der Waals surface area contributed by atoms with Gasteiger partial charge in [-0.25, -0.2) is 0 Å². The lowest BCUT2D eigenvalue weighted by molar-refractivity contribution is -0.165. The summed E-state index contributed by atoms with van der Waals surface area (Å²) in [6, 6.07) is 4.30. The maximum atomic E-state index is 5.82. The normalized spacial score (nSPS) is 23.7. The second-order valence-electron chi connectivity index (χ2n) is 8.20. The number of hydrogen-bond donors (Lipinski definition) is 2. The van der Waals surface area contributed by atoms with Gasteiger partial charge in [-0.05, 0) is 44.2 Å². The largest absolute Gasteiger partial charge is 0.480 e. The van der Waals surface area contributed by atoms with Gasteiger partial charge in [0.2, 0.25) is 11.8 Å². The molecule has 0 bridgehead atoms. The molecule has 30 heavy (non-hydrogen) atoms. The molecule has 0 unspecified atom stereocenters. The third-order valence-electron chi connectivity index (χ3n) is 6.49. The zero-order valence-electron chi connectivity index (χ0n) is 16.8. The number of H-pyrrole nitrogens is 1. The molecule has 0 atom stereocenters. The van der Waals surface area contributed by atoms with Gasteiger partial charge in [0.1, 0.15) is 12.0 Å². The summed E-state index contributed by atoms with van der Waals surface area (Å²) in [6.07, 6.45) is 11.1. The van der Waals surface area contributed by atoms with Crippen molar-refractivity contribution in [1.82, 2.24) is 29.5 Å². The van der Waals surface area contributed by atoms with Crippen LogP contribution >= 0.6 is 0 Å². The van der Waals surface area contributed by atoms with Crippen molar-refractivity contribution in [2.45, 2.75) is 43.7 Å². The van der Waals surface area contributed by atoms with E-state index in [1.54, 1.807) is 13.4 Å². The van der Waals surface area contributed by atoms with Crippen LogP contribution in [-0.4, -0.2) is 54.9 Å². The molecule has 2 aliphatic rings. The highest BCUT2D eigenvalue weighted by molar-refractivity contribution is 5.97. The van der Waals surface area contributed by atoms with E-state index < -0.39 is 0 Å². The van der Waals surface area contributed by atoms with Crippen molar-refractivity contribution in [2.75, 3.05) is 19.0 Å². The molecule has 0 amide bonds. The molecule has 1 saturated carbocycles. The molecule has 1 spiro atoms. The quantitative estimate of drug-likeness (QED) is 0.537. The Morgan fingerprint density at radius 2 is 2.10 bits per heavy atom. The van der Waals surface area contributed by atoms with Gasteiger partial charge < -0.3 is 19.8 Å². The minimum Gasteiger partial charge on any atom is -0.480 e. The van der Waals surface area contributed by atoms with Crippen LogP contribution in [0.15, 0.2) is 30.9 Å². The minimum absolute atomic E-state index is 0.154. The molecular weight excluding hydrogens is 382 g/mol. The number of aromatic amines is 1. The van der Waals surface area contributed by atoms with Crippen LogP contribution in [0.25, 0.3) is 27.8 Å². The van der Waals surface area contributed by atoms with E-state index in [0.717, 1.165) is 60.1 Å². The molecule has 4 aromatic heterocycles. The van der Waals surface area contributed by atoms with Gasteiger partial charge in [0.25, 0.3) is 0 Å². The van der Waals surface area contributed by atoms with Gasteiger partial charge in [-0.1, -0.05) is 0 Å². The number of fused-ring (bicyclic) bond motifs is 2. The van der Waals surface area contributed by atoms with E-state index >= 15 is 0 Å². The number of rotatable bonds is 4. The molecule has 6 rings (SSSR count). The number of hydrogen-bond acceptors (Lipinski definition) is 7. The van der Waals surface area contributed by atoms with E-state index in [1.165, 1.54) is 6.42 Å². The standard InChI is InChI=1S/C21H23N7O2/c1-29-19-17-15(13-2-3-16-27-23-12-28(16)11-13)10-22-18(17)25-20(26-19)24-14-4-6-21(7-5-14)8-9-30-21/h2-3,10-12,14H,4-9H2,1H3,(H2,22,24,25,26). The van der Waals surface area contributed by atoms with Gasteiger partial charge in [-0.15, -0.1) is 10.2 Å². The van der Waals surface area contributed by atoms with Crippen molar-refractivity contribution in [3.63, 3.8) is 0 Å². The Labute approximate surface area is 172 Å². The highest BCUT2D eigenvalue weighted by Crippen LogP contribution is 2.41. The average molecular weight is 405 g/mol. The fourth-order valence-electron chi connectivity index (χ4n) is 4.68. The van der Waals surface area contributed by atoms with E-state index in [2.05, 4.69) is 25.5 Å². The molecule has 5 heterocycles. The molecule has 4 aromatic rings. The zero-order chi connectivity index (χ0) is 20.1. The molecule has 0 radical (unpaired) electrons. The third-order valence-corrected chi connectivity index (χ3v) is 6.49. The second-order valence-corrected chi connectivity index (χ2v) is 8.20. The van der Waals surface area contributed by atoms with Crippen LogP contribution < -0.4 is 10.1 Å². The molecular formula is C21H23N7O2. The van der Waals surface area contributed by atoms with Gasteiger partial charge in [0, 0.05) is 29.6 Å². The van der Waals surface area contributed by atoms with E-state index in [0.29, 0.717) is 17.9 Å². The lowest BCUT2D eigenvalue weighted by Crippen LogP contribution is -2.48. The van der Waals surface area contributed by atoms with Crippen molar-refractivity contribution < 1.29 is 9.47 Å². The Morgan fingerprint density at radius 3 is 2.87 bits per heavy atom. The van der Waals surface area contributed by atoms with Crippen LogP contribution in [0.5, 0.6) is 5.88 Å². The Bertz CT molecular complexity index is 1220. The van der Waals surface area contributed by atoms with Crippen molar-refractivity contribution in [3.8, 4) is 17.0 Å². The highest BCUT2D eigenvalue weighted by atomic mass is 16.5. The number of ether oxygens (including phenoxy) is 2. The first-order chi connectivity index (χ1) is 14.7. The number of nitrogens with one attached hydrogen (secondary N) is 2.